The van der Waals surface area contributed by atoms with Crippen LogP contribution < -0.4 is 5.73 Å². The molecule has 0 aliphatic carbocycles. The number of ether oxygens (including phenoxy) is 1. The van der Waals surface area contributed by atoms with E-state index in [0.29, 0.717) is 17.9 Å². The third-order valence-electron chi connectivity index (χ3n) is 2.33. The predicted octanol–water partition coefficient (Wildman–Crippen LogP) is 2.73. The lowest BCUT2D eigenvalue weighted by Gasteiger charge is -2.04. The van der Waals surface area contributed by atoms with Gasteiger partial charge in [0, 0.05) is 12.1 Å². The Hall–Kier alpha value is -1.81. The van der Waals surface area contributed by atoms with Gasteiger partial charge in [-0.05, 0) is 40.6 Å². The van der Waals surface area contributed by atoms with Crippen LogP contribution in [0.2, 0.25) is 0 Å². The zero-order valence-electron chi connectivity index (χ0n) is 9.26. The molecule has 4 heteroatoms. The number of thiophene rings is 1. The van der Waals surface area contributed by atoms with Gasteiger partial charge in [0.25, 0.3) is 0 Å². The minimum Gasteiger partial charge on any atom is -0.462 e. The standard InChI is InChI=1S/C13H13NO2S/c14-12-3-1-2-11(8-12)13(15)16-6-4-10-5-7-17-9-10/h1-3,5,7-9H,4,6,14H2. The van der Waals surface area contributed by atoms with E-state index in [9.17, 15) is 4.79 Å². The lowest BCUT2D eigenvalue weighted by molar-refractivity contribution is 0.0509. The van der Waals surface area contributed by atoms with Gasteiger partial charge >= 0.3 is 5.97 Å². The predicted molar refractivity (Wildman–Crippen MR) is 69.2 cm³/mol. The molecule has 1 heterocycles. The highest BCUT2D eigenvalue weighted by molar-refractivity contribution is 7.07. The maximum Gasteiger partial charge on any atom is 0.338 e. The number of esters is 1. The monoisotopic (exact) mass is 247 g/mol. The topological polar surface area (TPSA) is 52.3 Å². The fourth-order valence-electron chi connectivity index (χ4n) is 1.45. The van der Waals surface area contributed by atoms with E-state index in [1.54, 1.807) is 35.6 Å². The molecular weight excluding hydrogens is 234 g/mol. The highest BCUT2D eigenvalue weighted by Gasteiger charge is 2.06. The van der Waals surface area contributed by atoms with Crippen molar-refractivity contribution in [3.8, 4) is 0 Å². The van der Waals surface area contributed by atoms with Crippen LogP contribution in [0.1, 0.15) is 15.9 Å². The molecule has 0 radical (unpaired) electrons. The van der Waals surface area contributed by atoms with Crippen LogP contribution in [0, 0.1) is 0 Å². The van der Waals surface area contributed by atoms with Gasteiger partial charge in [-0.25, -0.2) is 4.79 Å². The highest BCUT2D eigenvalue weighted by atomic mass is 32.1. The first-order valence-corrected chi connectivity index (χ1v) is 6.24. The molecule has 0 fully saturated rings. The van der Waals surface area contributed by atoms with Gasteiger partial charge in [-0.3, -0.25) is 0 Å². The van der Waals surface area contributed by atoms with Crippen LogP contribution in [-0.2, 0) is 11.2 Å². The summed E-state index contributed by atoms with van der Waals surface area (Å²) < 4.78 is 5.17. The van der Waals surface area contributed by atoms with E-state index in [4.69, 9.17) is 10.5 Å². The maximum absolute atomic E-state index is 11.7. The molecule has 1 aromatic carbocycles. The molecule has 0 aliphatic rings. The second-order valence-corrected chi connectivity index (χ2v) is 4.42. The van der Waals surface area contributed by atoms with Crippen LogP contribution in [0.5, 0.6) is 0 Å². The minimum atomic E-state index is -0.326. The van der Waals surface area contributed by atoms with Crippen molar-refractivity contribution >= 4 is 23.0 Å². The number of hydrogen-bond donors (Lipinski definition) is 1. The van der Waals surface area contributed by atoms with Gasteiger partial charge in [-0.15, -0.1) is 0 Å². The Kier molecular flexibility index (Phi) is 3.77. The lowest BCUT2D eigenvalue weighted by Crippen LogP contribution is -2.08. The van der Waals surface area contributed by atoms with Crippen molar-refractivity contribution in [2.45, 2.75) is 6.42 Å². The zero-order chi connectivity index (χ0) is 12.1. The second kappa shape index (κ2) is 5.50. The van der Waals surface area contributed by atoms with E-state index < -0.39 is 0 Å². The first-order valence-electron chi connectivity index (χ1n) is 5.29. The van der Waals surface area contributed by atoms with Gasteiger partial charge < -0.3 is 10.5 Å². The summed E-state index contributed by atoms with van der Waals surface area (Å²) >= 11 is 1.64. The van der Waals surface area contributed by atoms with Crippen molar-refractivity contribution in [2.24, 2.45) is 0 Å². The third-order valence-corrected chi connectivity index (χ3v) is 3.06. The van der Waals surface area contributed by atoms with Crippen LogP contribution in [0.25, 0.3) is 0 Å². The molecule has 0 aliphatic heterocycles. The number of carbonyl (C=O) groups excluding carboxylic acids is 1. The summed E-state index contributed by atoms with van der Waals surface area (Å²) in [4.78, 5) is 11.7. The van der Waals surface area contributed by atoms with E-state index in [2.05, 4.69) is 0 Å². The average molecular weight is 247 g/mol. The summed E-state index contributed by atoms with van der Waals surface area (Å²) in [5.74, 6) is -0.326. The van der Waals surface area contributed by atoms with Crippen LogP contribution in [0.15, 0.2) is 41.1 Å². The molecule has 2 aromatic rings. The average Bonchev–Trinajstić information content (AvgIpc) is 2.82. The number of benzene rings is 1. The van der Waals surface area contributed by atoms with E-state index in [1.807, 2.05) is 16.8 Å². The van der Waals surface area contributed by atoms with Crippen LogP contribution in [0.4, 0.5) is 5.69 Å². The van der Waals surface area contributed by atoms with Gasteiger partial charge in [0.15, 0.2) is 0 Å². The highest BCUT2D eigenvalue weighted by Crippen LogP contribution is 2.09. The lowest BCUT2D eigenvalue weighted by atomic mass is 10.2. The number of rotatable bonds is 4. The molecule has 0 amide bonds. The Morgan fingerprint density at radius 2 is 2.24 bits per heavy atom. The van der Waals surface area contributed by atoms with Crippen LogP contribution >= 0.6 is 11.3 Å². The summed E-state index contributed by atoms with van der Waals surface area (Å²) in [6, 6.07) is 8.82. The third kappa shape index (κ3) is 3.32. The number of hydrogen-bond acceptors (Lipinski definition) is 4. The van der Waals surface area contributed by atoms with Gasteiger partial charge in [0.05, 0.1) is 12.2 Å². The minimum absolute atomic E-state index is 0.326. The normalized spacial score (nSPS) is 10.1. The number of nitrogens with two attached hydrogens (primary N) is 1. The maximum atomic E-state index is 11.7. The summed E-state index contributed by atoms with van der Waals surface area (Å²) in [5, 5.41) is 4.06. The molecule has 0 unspecified atom stereocenters. The van der Waals surface area contributed by atoms with Crippen molar-refractivity contribution in [2.75, 3.05) is 12.3 Å². The fourth-order valence-corrected chi connectivity index (χ4v) is 2.15. The van der Waals surface area contributed by atoms with Crippen molar-refractivity contribution < 1.29 is 9.53 Å². The molecule has 2 rings (SSSR count). The Bertz CT molecular complexity index is 494. The molecule has 17 heavy (non-hydrogen) atoms. The van der Waals surface area contributed by atoms with Gasteiger partial charge in [0.1, 0.15) is 0 Å². The number of nitrogen functional groups attached to an aromatic ring is 1. The molecule has 0 atom stereocenters. The molecule has 2 N–H and O–H groups in total. The summed E-state index contributed by atoms with van der Waals surface area (Å²) in [5.41, 5.74) is 7.85. The van der Waals surface area contributed by atoms with Crippen molar-refractivity contribution in [1.82, 2.24) is 0 Å². The Labute approximate surface area is 104 Å². The van der Waals surface area contributed by atoms with Gasteiger partial charge in [-0.1, -0.05) is 6.07 Å². The quantitative estimate of drug-likeness (QED) is 0.667. The molecule has 0 bridgehead atoms. The molecule has 0 saturated heterocycles. The van der Waals surface area contributed by atoms with Crippen LogP contribution in [-0.4, -0.2) is 12.6 Å². The van der Waals surface area contributed by atoms with Crippen LogP contribution in [0.3, 0.4) is 0 Å². The second-order valence-electron chi connectivity index (χ2n) is 3.64. The summed E-state index contributed by atoms with van der Waals surface area (Å²) in [7, 11) is 0. The first kappa shape index (κ1) is 11.7. The van der Waals surface area contributed by atoms with E-state index in [0.717, 1.165) is 6.42 Å². The van der Waals surface area contributed by atoms with Crippen molar-refractivity contribution in [1.29, 1.82) is 0 Å². The van der Waals surface area contributed by atoms with Gasteiger partial charge in [0.2, 0.25) is 0 Å². The number of carbonyl (C=O) groups is 1. The van der Waals surface area contributed by atoms with E-state index >= 15 is 0 Å². The largest absolute Gasteiger partial charge is 0.462 e. The molecule has 3 nitrogen and oxygen atoms in total. The Morgan fingerprint density at radius 3 is 2.94 bits per heavy atom. The molecule has 0 spiro atoms. The number of anilines is 1. The van der Waals surface area contributed by atoms with E-state index in [-0.39, 0.29) is 5.97 Å². The molecule has 1 aromatic heterocycles. The SMILES string of the molecule is Nc1cccc(C(=O)OCCc2ccsc2)c1. The fraction of sp³-hybridized carbons (Fsp3) is 0.154. The zero-order valence-corrected chi connectivity index (χ0v) is 10.1. The Balaban J connectivity index is 1.85. The first-order chi connectivity index (χ1) is 8.25. The van der Waals surface area contributed by atoms with Crippen molar-refractivity contribution in [3.05, 3.63) is 52.2 Å². The molecular formula is C13H13NO2S. The molecule has 88 valence electrons. The summed E-state index contributed by atoms with van der Waals surface area (Å²) in [6.45, 7) is 0.393. The van der Waals surface area contributed by atoms with E-state index in [1.165, 1.54) is 5.56 Å². The molecule has 0 saturated carbocycles. The smallest absolute Gasteiger partial charge is 0.338 e. The van der Waals surface area contributed by atoms with Gasteiger partial charge in [-0.2, -0.15) is 11.3 Å². The Morgan fingerprint density at radius 1 is 1.35 bits per heavy atom. The van der Waals surface area contributed by atoms with Crippen molar-refractivity contribution in [3.63, 3.8) is 0 Å². The summed E-state index contributed by atoms with van der Waals surface area (Å²) in [6.07, 6.45) is 0.748.